The Morgan fingerprint density at radius 2 is 2.00 bits per heavy atom. The first-order chi connectivity index (χ1) is 5.97. The van der Waals surface area contributed by atoms with Crippen molar-refractivity contribution in [3.05, 3.63) is 38.7 Å². The third kappa shape index (κ3) is 2.15. The Morgan fingerprint density at radius 3 is 2.46 bits per heavy atom. The summed E-state index contributed by atoms with van der Waals surface area (Å²) < 4.78 is 1.02. The molecule has 1 aromatic carbocycles. The van der Waals surface area contributed by atoms with Crippen LogP contribution in [-0.2, 0) is 5.54 Å². The lowest BCUT2D eigenvalue weighted by Crippen LogP contribution is -2.12. The molecule has 0 aliphatic rings. The van der Waals surface area contributed by atoms with Gasteiger partial charge in [0.2, 0.25) is 0 Å². The molecule has 70 valence electrons. The first-order valence-electron chi connectivity index (χ1n) is 4.08. The van der Waals surface area contributed by atoms with Gasteiger partial charge in [-0.1, -0.05) is 33.2 Å². The van der Waals surface area contributed by atoms with E-state index in [0.29, 0.717) is 0 Å². The highest BCUT2D eigenvalue weighted by Crippen LogP contribution is 2.28. The lowest BCUT2D eigenvalue weighted by atomic mass is 9.95. The second-order valence-corrected chi connectivity index (χ2v) is 4.47. The van der Waals surface area contributed by atoms with Gasteiger partial charge in [-0.2, -0.15) is 0 Å². The zero-order valence-corrected chi connectivity index (χ0v) is 9.55. The molecule has 0 radical (unpaired) electrons. The highest BCUT2D eigenvalue weighted by atomic mass is 79.9. The molecule has 1 rings (SSSR count). The molecular weight excluding hydrogens is 230 g/mol. The predicted octanol–water partition coefficient (Wildman–Crippen LogP) is 3.76. The molecule has 0 aliphatic carbocycles. The van der Waals surface area contributed by atoms with Crippen molar-refractivity contribution < 1.29 is 0 Å². The molecule has 2 nitrogen and oxygen atoms in total. The van der Waals surface area contributed by atoms with Gasteiger partial charge in [0.25, 0.3) is 0 Å². The summed E-state index contributed by atoms with van der Waals surface area (Å²) in [5.74, 6) is 0. The topological polar surface area (TPSA) is 29.4 Å². The van der Waals surface area contributed by atoms with E-state index in [-0.39, 0.29) is 0 Å². The highest BCUT2D eigenvalue weighted by Gasteiger charge is 2.21. The van der Waals surface area contributed by atoms with Crippen LogP contribution in [0.1, 0.15) is 25.0 Å². The van der Waals surface area contributed by atoms with E-state index in [0.717, 1.165) is 15.6 Å². The molecule has 13 heavy (non-hydrogen) atoms. The van der Waals surface area contributed by atoms with Gasteiger partial charge < -0.3 is 0 Å². The van der Waals surface area contributed by atoms with Crippen LogP contribution in [0.25, 0.3) is 0 Å². The molecule has 0 N–H and O–H groups in total. The third-order valence-electron chi connectivity index (χ3n) is 2.11. The molecule has 0 atom stereocenters. The molecule has 0 saturated heterocycles. The van der Waals surface area contributed by atoms with E-state index in [2.05, 4.69) is 21.1 Å². The smallest absolute Gasteiger partial charge is 0.122 e. The number of halogens is 1. The lowest BCUT2D eigenvalue weighted by Gasteiger charge is -2.16. The number of rotatable bonds is 2. The Bertz CT molecular complexity index is 334. The molecule has 0 saturated carbocycles. The summed E-state index contributed by atoms with van der Waals surface area (Å²) in [6, 6.07) is 5.85. The van der Waals surface area contributed by atoms with Gasteiger partial charge >= 0.3 is 0 Å². The Morgan fingerprint density at radius 1 is 1.38 bits per heavy atom. The Kier molecular flexibility index (Phi) is 2.86. The van der Waals surface area contributed by atoms with Crippen molar-refractivity contribution in [1.82, 2.24) is 0 Å². The predicted molar refractivity (Wildman–Crippen MR) is 57.7 cm³/mol. The van der Waals surface area contributed by atoms with Gasteiger partial charge in [0, 0.05) is 4.47 Å². The van der Waals surface area contributed by atoms with Crippen LogP contribution in [0.4, 0.5) is 0 Å². The summed E-state index contributed by atoms with van der Waals surface area (Å²) >= 11 is 3.42. The molecule has 0 aliphatic heterocycles. The maximum atomic E-state index is 10.6. The quantitative estimate of drug-likeness (QED) is 0.726. The van der Waals surface area contributed by atoms with Crippen molar-refractivity contribution in [3.8, 4) is 0 Å². The van der Waals surface area contributed by atoms with Gasteiger partial charge in [0.15, 0.2) is 0 Å². The van der Waals surface area contributed by atoms with E-state index >= 15 is 0 Å². The summed E-state index contributed by atoms with van der Waals surface area (Å²) in [5.41, 5.74) is 1.45. The third-order valence-corrected chi connectivity index (χ3v) is 2.96. The Hall–Kier alpha value is -0.700. The molecule has 0 unspecified atom stereocenters. The molecule has 0 spiro atoms. The lowest BCUT2D eigenvalue weighted by molar-refractivity contribution is 0.552. The molecule has 0 heterocycles. The van der Waals surface area contributed by atoms with Gasteiger partial charge in [0.05, 0.1) is 0 Å². The number of benzene rings is 1. The van der Waals surface area contributed by atoms with Crippen LogP contribution >= 0.6 is 15.9 Å². The summed E-state index contributed by atoms with van der Waals surface area (Å²) in [7, 11) is 0. The second-order valence-electron chi connectivity index (χ2n) is 3.61. The van der Waals surface area contributed by atoms with Crippen LogP contribution in [0.2, 0.25) is 0 Å². The number of nitroso groups, excluding NO2 is 1. The highest BCUT2D eigenvalue weighted by molar-refractivity contribution is 9.10. The van der Waals surface area contributed by atoms with Crippen molar-refractivity contribution in [2.24, 2.45) is 5.18 Å². The van der Waals surface area contributed by atoms with Crippen LogP contribution in [0, 0.1) is 11.8 Å². The van der Waals surface area contributed by atoms with Crippen molar-refractivity contribution in [3.63, 3.8) is 0 Å². The van der Waals surface area contributed by atoms with E-state index in [1.54, 1.807) is 13.8 Å². The Balaban J connectivity index is 3.18. The van der Waals surface area contributed by atoms with Gasteiger partial charge in [-0.15, -0.1) is 4.91 Å². The van der Waals surface area contributed by atoms with Crippen LogP contribution in [0.5, 0.6) is 0 Å². The zero-order valence-electron chi connectivity index (χ0n) is 7.97. The average molecular weight is 242 g/mol. The van der Waals surface area contributed by atoms with Crippen LogP contribution < -0.4 is 0 Å². The molecule has 0 aromatic heterocycles. The zero-order chi connectivity index (χ0) is 10.1. The molecule has 0 bridgehead atoms. The largest absolute Gasteiger partial charge is 0.150 e. The Labute approximate surface area is 86.5 Å². The molecule has 1 aromatic rings. The molecular formula is C10H12BrNO. The fourth-order valence-corrected chi connectivity index (χ4v) is 1.40. The minimum atomic E-state index is -0.643. The van der Waals surface area contributed by atoms with E-state index < -0.39 is 5.54 Å². The van der Waals surface area contributed by atoms with E-state index in [4.69, 9.17) is 0 Å². The SMILES string of the molecule is Cc1ccc(C(C)(C)N=O)cc1Br. The minimum absolute atomic E-state index is 0.643. The number of aryl methyl sites for hydroxylation is 1. The van der Waals surface area contributed by atoms with Crippen LogP contribution in [0.15, 0.2) is 27.8 Å². The summed E-state index contributed by atoms with van der Waals surface area (Å²) in [6.45, 7) is 5.61. The van der Waals surface area contributed by atoms with E-state index in [1.807, 2.05) is 25.1 Å². The average Bonchev–Trinajstić information content (AvgIpc) is 2.09. The van der Waals surface area contributed by atoms with Crippen LogP contribution in [-0.4, -0.2) is 0 Å². The van der Waals surface area contributed by atoms with Gasteiger partial charge in [-0.05, 0) is 38.0 Å². The second kappa shape index (κ2) is 3.58. The normalized spacial score (nSPS) is 11.4. The maximum absolute atomic E-state index is 10.6. The summed E-state index contributed by atoms with van der Waals surface area (Å²) in [4.78, 5) is 10.6. The van der Waals surface area contributed by atoms with E-state index in [9.17, 15) is 4.91 Å². The molecule has 3 heteroatoms. The maximum Gasteiger partial charge on any atom is 0.122 e. The number of hydrogen-bond donors (Lipinski definition) is 0. The monoisotopic (exact) mass is 241 g/mol. The van der Waals surface area contributed by atoms with Crippen molar-refractivity contribution >= 4 is 15.9 Å². The van der Waals surface area contributed by atoms with Gasteiger partial charge in [-0.25, -0.2) is 0 Å². The fraction of sp³-hybridized carbons (Fsp3) is 0.400. The van der Waals surface area contributed by atoms with Gasteiger partial charge in [0.1, 0.15) is 5.54 Å². The van der Waals surface area contributed by atoms with Crippen molar-refractivity contribution in [2.45, 2.75) is 26.3 Å². The first kappa shape index (κ1) is 10.4. The standard InChI is InChI=1S/C10H12BrNO/c1-7-4-5-8(6-9(7)11)10(2,3)12-13/h4-6H,1-3H3. The molecule has 0 amide bonds. The van der Waals surface area contributed by atoms with E-state index in [1.165, 1.54) is 0 Å². The minimum Gasteiger partial charge on any atom is -0.150 e. The fourth-order valence-electron chi connectivity index (χ4n) is 1.03. The van der Waals surface area contributed by atoms with Crippen molar-refractivity contribution in [1.29, 1.82) is 0 Å². The number of hydrogen-bond acceptors (Lipinski definition) is 2. The first-order valence-corrected chi connectivity index (χ1v) is 4.88. The number of nitrogens with zero attached hydrogens (tertiary/aromatic N) is 1. The van der Waals surface area contributed by atoms with Gasteiger partial charge in [-0.3, -0.25) is 0 Å². The summed E-state index contributed by atoms with van der Waals surface area (Å²) in [5, 5.41) is 3.09. The van der Waals surface area contributed by atoms with Crippen molar-refractivity contribution in [2.75, 3.05) is 0 Å². The summed E-state index contributed by atoms with van der Waals surface area (Å²) in [6.07, 6.45) is 0. The van der Waals surface area contributed by atoms with Crippen LogP contribution in [0.3, 0.4) is 0 Å². The molecule has 0 fully saturated rings.